The van der Waals surface area contributed by atoms with Gasteiger partial charge in [-0.3, -0.25) is 0 Å². The zero-order chi connectivity index (χ0) is 15.0. The van der Waals surface area contributed by atoms with Crippen molar-refractivity contribution in [1.29, 1.82) is 0 Å². The summed E-state index contributed by atoms with van der Waals surface area (Å²) in [6.07, 6.45) is 4.11. The van der Waals surface area contributed by atoms with Gasteiger partial charge in [0.25, 0.3) is 5.78 Å². The van der Waals surface area contributed by atoms with Crippen LogP contribution >= 0.6 is 0 Å². The van der Waals surface area contributed by atoms with Crippen molar-refractivity contribution in [3.05, 3.63) is 18.1 Å². The zero-order valence-corrected chi connectivity index (χ0v) is 13.5. The molecule has 0 amide bonds. The fourth-order valence-electron chi connectivity index (χ4n) is 2.77. The molecule has 0 unspecified atom stereocenters. The maximum Gasteiger partial charge on any atom is 0.254 e. The molecule has 0 spiro atoms. The first kappa shape index (κ1) is 14.3. The van der Waals surface area contributed by atoms with Gasteiger partial charge < -0.3 is 4.90 Å². The van der Waals surface area contributed by atoms with Crippen molar-refractivity contribution in [2.75, 3.05) is 18.0 Å². The van der Waals surface area contributed by atoms with Gasteiger partial charge in [0, 0.05) is 25.1 Å². The van der Waals surface area contributed by atoms with Crippen LogP contribution in [0.5, 0.6) is 0 Å². The van der Waals surface area contributed by atoms with Crippen LogP contribution in [0.2, 0.25) is 0 Å². The second-order valence-electron chi connectivity index (χ2n) is 6.98. The van der Waals surface area contributed by atoms with E-state index in [4.69, 9.17) is 0 Å². The Morgan fingerprint density at radius 3 is 2.43 bits per heavy atom. The van der Waals surface area contributed by atoms with E-state index in [0.29, 0.717) is 17.8 Å². The summed E-state index contributed by atoms with van der Waals surface area (Å²) < 4.78 is 1.89. The lowest BCUT2D eigenvalue weighted by Gasteiger charge is -2.28. The molecule has 1 aliphatic carbocycles. The van der Waals surface area contributed by atoms with Crippen molar-refractivity contribution in [1.82, 2.24) is 19.6 Å². The smallest absolute Gasteiger partial charge is 0.254 e. The molecule has 1 aliphatic rings. The zero-order valence-electron chi connectivity index (χ0n) is 13.5. The molecule has 2 aromatic rings. The Morgan fingerprint density at radius 1 is 1.19 bits per heavy atom. The van der Waals surface area contributed by atoms with Crippen LogP contribution in [0.1, 0.15) is 52.1 Å². The third-order valence-corrected chi connectivity index (χ3v) is 3.74. The Hall–Kier alpha value is -1.65. The average molecular weight is 287 g/mol. The SMILES string of the molecule is CC(C)CN(CC(C)C)c1cc(C2CC2)nc2ncnn12. The van der Waals surface area contributed by atoms with E-state index in [1.54, 1.807) is 6.33 Å². The van der Waals surface area contributed by atoms with Crippen LogP contribution < -0.4 is 4.90 Å². The fourth-order valence-corrected chi connectivity index (χ4v) is 2.77. The molecular formula is C16H25N5. The third-order valence-electron chi connectivity index (χ3n) is 3.74. The predicted octanol–water partition coefficient (Wildman–Crippen LogP) is 3.12. The number of anilines is 1. The van der Waals surface area contributed by atoms with Crippen LogP contribution in [0.4, 0.5) is 5.82 Å². The maximum atomic E-state index is 4.66. The van der Waals surface area contributed by atoms with Gasteiger partial charge in [-0.1, -0.05) is 27.7 Å². The van der Waals surface area contributed by atoms with Gasteiger partial charge in [0.05, 0.1) is 5.69 Å². The Balaban J connectivity index is 2.03. The molecule has 0 aliphatic heterocycles. The molecule has 5 heteroatoms. The molecule has 2 heterocycles. The summed E-state index contributed by atoms with van der Waals surface area (Å²) in [6, 6.07) is 2.23. The van der Waals surface area contributed by atoms with Gasteiger partial charge >= 0.3 is 0 Å². The monoisotopic (exact) mass is 287 g/mol. The highest BCUT2D eigenvalue weighted by molar-refractivity contribution is 5.48. The van der Waals surface area contributed by atoms with Gasteiger partial charge in [-0.2, -0.15) is 14.6 Å². The fraction of sp³-hybridized carbons (Fsp3) is 0.688. The summed E-state index contributed by atoms with van der Waals surface area (Å²) in [4.78, 5) is 11.4. The van der Waals surface area contributed by atoms with Crippen molar-refractivity contribution in [2.24, 2.45) is 11.8 Å². The molecule has 1 fully saturated rings. The van der Waals surface area contributed by atoms with Gasteiger partial charge in [0.2, 0.25) is 0 Å². The number of nitrogens with zero attached hydrogens (tertiary/aromatic N) is 5. The minimum Gasteiger partial charge on any atom is -0.356 e. The third kappa shape index (κ3) is 3.17. The van der Waals surface area contributed by atoms with Crippen molar-refractivity contribution in [2.45, 2.75) is 46.5 Å². The van der Waals surface area contributed by atoms with Gasteiger partial charge in [0.15, 0.2) is 0 Å². The topological polar surface area (TPSA) is 46.3 Å². The highest BCUT2D eigenvalue weighted by atomic mass is 15.4. The number of aromatic nitrogens is 4. The number of hydrogen-bond acceptors (Lipinski definition) is 4. The van der Waals surface area contributed by atoms with Crippen LogP contribution in [0.25, 0.3) is 5.78 Å². The standard InChI is InChI=1S/C16H25N5/c1-11(2)8-20(9-12(3)4)15-7-14(13-5-6-13)19-16-17-10-18-21(15)16/h7,10-13H,5-6,8-9H2,1-4H3. The summed E-state index contributed by atoms with van der Waals surface area (Å²) in [5.41, 5.74) is 1.18. The van der Waals surface area contributed by atoms with E-state index < -0.39 is 0 Å². The molecule has 0 radical (unpaired) electrons. The van der Waals surface area contributed by atoms with Crippen LogP contribution in [-0.2, 0) is 0 Å². The van der Waals surface area contributed by atoms with E-state index >= 15 is 0 Å². The first-order chi connectivity index (χ1) is 10.0. The van der Waals surface area contributed by atoms with Gasteiger partial charge in [-0.25, -0.2) is 4.98 Å². The molecule has 1 saturated carbocycles. The van der Waals surface area contributed by atoms with Crippen molar-refractivity contribution < 1.29 is 0 Å². The predicted molar refractivity (Wildman–Crippen MR) is 84.6 cm³/mol. The molecule has 0 aromatic carbocycles. The van der Waals surface area contributed by atoms with E-state index in [-0.39, 0.29) is 0 Å². The van der Waals surface area contributed by atoms with Gasteiger partial charge in [-0.05, 0) is 24.7 Å². The second kappa shape index (κ2) is 5.62. The maximum absolute atomic E-state index is 4.66. The minimum absolute atomic E-state index is 0.611. The van der Waals surface area contributed by atoms with Gasteiger partial charge in [0.1, 0.15) is 12.1 Å². The molecule has 0 atom stereocenters. The molecule has 3 rings (SSSR count). The Morgan fingerprint density at radius 2 is 1.86 bits per heavy atom. The lowest BCUT2D eigenvalue weighted by molar-refractivity contribution is 0.544. The number of rotatable bonds is 6. The largest absolute Gasteiger partial charge is 0.356 e. The Kier molecular flexibility index (Phi) is 3.83. The first-order valence-electron chi connectivity index (χ1n) is 8.00. The van der Waals surface area contributed by atoms with E-state index in [2.05, 4.69) is 53.7 Å². The normalized spacial score (nSPS) is 15.3. The highest BCUT2D eigenvalue weighted by Crippen LogP contribution is 2.40. The second-order valence-corrected chi connectivity index (χ2v) is 6.98. The molecule has 0 N–H and O–H groups in total. The van der Waals surface area contributed by atoms with E-state index in [9.17, 15) is 0 Å². The quantitative estimate of drug-likeness (QED) is 0.819. The summed E-state index contributed by atoms with van der Waals surface area (Å²) in [5, 5.41) is 4.38. The lowest BCUT2D eigenvalue weighted by atomic mass is 10.1. The Bertz CT molecular complexity index is 602. The number of fused-ring (bicyclic) bond motifs is 1. The summed E-state index contributed by atoms with van der Waals surface area (Å²) in [5.74, 6) is 3.72. The van der Waals surface area contributed by atoms with Crippen LogP contribution in [0, 0.1) is 11.8 Å². The molecule has 5 nitrogen and oxygen atoms in total. The van der Waals surface area contributed by atoms with E-state index in [0.717, 1.165) is 24.7 Å². The van der Waals surface area contributed by atoms with Crippen LogP contribution in [-0.4, -0.2) is 32.7 Å². The van der Waals surface area contributed by atoms with Crippen molar-refractivity contribution in [3.8, 4) is 0 Å². The molecule has 114 valence electrons. The molecular weight excluding hydrogens is 262 g/mol. The summed E-state index contributed by atoms with van der Waals surface area (Å²) in [6.45, 7) is 11.1. The molecule has 21 heavy (non-hydrogen) atoms. The van der Waals surface area contributed by atoms with Crippen LogP contribution in [0.15, 0.2) is 12.4 Å². The van der Waals surface area contributed by atoms with E-state index in [1.807, 2.05) is 4.52 Å². The van der Waals surface area contributed by atoms with Gasteiger partial charge in [-0.15, -0.1) is 0 Å². The van der Waals surface area contributed by atoms with Crippen LogP contribution in [0.3, 0.4) is 0 Å². The Labute approximate surface area is 126 Å². The summed E-state index contributed by atoms with van der Waals surface area (Å²) >= 11 is 0. The van der Waals surface area contributed by atoms with E-state index in [1.165, 1.54) is 18.5 Å². The lowest BCUT2D eigenvalue weighted by Crippen LogP contribution is -2.33. The first-order valence-corrected chi connectivity index (χ1v) is 8.00. The van der Waals surface area contributed by atoms with Crippen molar-refractivity contribution in [3.63, 3.8) is 0 Å². The average Bonchev–Trinajstić information content (AvgIpc) is 3.14. The summed E-state index contributed by atoms with van der Waals surface area (Å²) in [7, 11) is 0. The minimum atomic E-state index is 0.611. The molecule has 0 saturated heterocycles. The number of hydrogen-bond donors (Lipinski definition) is 0. The van der Waals surface area contributed by atoms with Crippen molar-refractivity contribution >= 4 is 11.6 Å². The molecule has 2 aromatic heterocycles. The molecule has 0 bridgehead atoms. The highest BCUT2D eigenvalue weighted by Gasteiger charge is 2.27.